The summed E-state index contributed by atoms with van der Waals surface area (Å²) in [5, 5.41) is 3.11. The van der Waals surface area contributed by atoms with Crippen LogP contribution in [0.1, 0.15) is 43.9 Å². The molecule has 2 heterocycles. The largest absolute Gasteiger partial charge is 0.497 e. The van der Waals surface area contributed by atoms with Crippen LogP contribution < -0.4 is 10.1 Å². The van der Waals surface area contributed by atoms with Crippen molar-refractivity contribution in [2.75, 3.05) is 20.2 Å². The van der Waals surface area contributed by atoms with Gasteiger partial charge in [-0.1, -0.05) is 30.3 Å². The summed E-state index contributed by atoms with van der Waals surface area (Å²) in [4.78, 5) is 15.0. The van der Waals surface area contributed by atoms with E-state index in [1.165, 1.54) is 0 Å². The number of likely N-dealkylation sites (tertiary alicyclic amines) is 1. The number of ether oxygens (including phenoxy) is 1. The molecular formula is C25H29N3O4S. The first kappa shape index (κ1) is 23.0. The SMILES string of the molecule is COc1ccc(C2=C(C)C(N3CCC(C(=O)N[C@H](C)c4ccccc4)CC3)=NS2(=O)=O)cc1. The first-order chi connectivity index (χ1) is 15.8. The van der Waals surface area contributed by atoms with Crippen molar-refractivity contribution in [3.8, 4) is 5.75 Å². The van der Waals surface area contributed by atoms with Crippen LogP contribution in [0.4, 0.5) is 0 Å². The molecule has 0 aromatic heterocycles. The second kappa shape index (κ2) is 9.39. The lowest BCUT2D eigenvalue weighted by Crippen LogP contribution is -2.43. The molecule has 2 aromatic rings. The Bertz CT molecular complexity index is 1180. The van der Waals surface area contributed by atoms with Crippen molar-refractivity contribution in [2.24, 2.45) is 10.3 Å². The van der Waals surface area contributed by atoms with Crippen LogP contribution in [0.3, 0.4) is 0 Å². The minimum Gasteiger partial charge on any atom is -0.497 e. The molecule has 1 amide bonds. The van der Waals surface area contributed by atoms with Crippen molar-refractivity contribution in [1.82, 2.24) is 10.2 Å². The van der Waals surface area contributed by atoms with E-state index in [1.54, 1.807) is 38.3 Å². The van der Waals surface area contributed by atoms with Crippen LogP contribution in [0.5, 0.6) is 5.75 Å². The number of amidine groups is 1. The Labute approximate surface area is 195 Å². The predicted molar refractivity (Wildman–Crippen MR) is 129 cm³/mol. The Kier molecular flexibility index (Phi) is 6.56. The van der Waals surface area contributed by atoms with E-state index in [9.17, 15) is 13.2 Å². The van der Waals surface area contributed by atoms with Crippen LogP contribution in [-0.4, -0.2) is 45.3 Å². The number of carbonyl (C=O) groups is 1. The minimum atomic E-state index is -3.78. The van der Waals surface area contributed by atoms with E-state index < -0.39 is 10.0 Å². The average Bonchev–Trinajstić information content (AvgIpc) is 3.08. The zero-order valence-corrected chi connectivity index (χ0v) is 19.9. The van der Waals surface area contributed by atoms with E-state index in [0.717, 1.165) is 5.56 Å². The van der Waals surface area contributed by atoms with Crippen molar-refractivity contribution >= 4 is 26.7 Å². The number of hydrogen-bond donors (Lipinski definition) is 1. The monoisotopic (exact) mass is 467 g/mol. The molecule has 4 rings (SSSR count). The van der Waals surface area contributed by atoms with Crippen LogP contribution in [0, 0.1) is 5.92 Å². The highest BCUT2D eigenvalue weighted by Crippen LogP contribution is 2.35. The Morgan fingerprint density at radius 2 is 1.73 bits per heavy atom. The summed E-state index contributed by atoms with van der Waals surface area (Å²) in [6.07, 6.45) is 1.30. The summed E-state index contributed by atoms with van der Waals surface area (Å²) in [6, 6.07) is 16.8. The maximum absolute atomic E-state index is 12.8. The molecule has 1 saturated heterocycles. The Balaban J connectivity index is 1.43. The number of rotatable bonds is 5. The van der Waals surface area contributed by atoms with E-state index in [1.807, 2.05) is 42.2 Å². The standard InChI is InChI=1S/C25H29N3O4S/c1-17-23(20-9-11-22(32-3)12-10-20)33(30,31)27-24(17)28-15-13-21(14-16-28)25(29)26-18(2)19-7-5-4-6-8-19/h4-12,18,21H,13-16H2,1-3H3,(H,26,29)/t18-/m1/s1. The van der Waals surface area contributed by atoms with Crippen LogP contribution in [-0.2, 0) is 14.8 Å². The maximum atomic E-state index is 12.8. The smallest absolute Gasteiger partial charge is 0.285 e. The fourth-order valence-corrected chi connectivity index (χ4v) is 5.92. The highest BCUT2D eigenvalue weighted by Gasteiger charge is 2.35. The Hall–Kier alpha value is -3.13. The highest BCUT2D eigenvalue weighted by molar-refractivity contribution is 8.00. The molecule has 2 aliphatic rings. The fourth-order valence-electron chi connectivity index (χ4n) is 4.44. The number of amides is 1. The normalized spacial score (nSPS) is 19.2. The lowest BCUT2D eigenvalue weighted by molar-refractivity contribution is -0.126. The van der Waals surface area contributed by atoms with E-state index >= 15 is 0 Å². The van der Waals surface area contributed by atoms with Crippen molar-refractivity contribution in [3.63, 3.8) is 0 Å². The molecule has 0 unspecified atom stereocenters. The molecular weight excluding hydrogens is 438 g/mol. The second-order valence-electron chi connectivity index (χ2n) is 8.47. The quantitative estimate of drug-likeness (QED) is 0.723. The molecule has 1 fully saturated rings. The van der Waals surface area contributed by atoms with Crippen LogP contribution in [0.15, 0.2) is 64.6 Å². The molecule has 33 heavy (non-hydrogen) atoms. The molecule has 2 aliphatic heterocycles. The summed E-state index contributed by atoms with van der Waals surface area (Å²) in [7, 11) is -2.21. The van der Waals surface area contributed by atoms with Gasteiger partial charge in [0, 0.05) is 24.6 Å². The lowest BCUT2D eigenvalue weighted by Gasteiger charge is -2.33. The number of hydrogen-bond acceptors (Lipinski definition) is 5. The number of nitrogens with zero attached hydrogens (tertiary/aromatic N) is 2. The number of methoxy groups -OCH3 is 1. The van der Waals surface area contributed by atoms with Gasteiger partial charge in [0.15, 0.2) is 0 Å². The number of benzene rings is 2. The summed E-state index contributed by atoms with van der Waals surface area (Å²) in [5.41, 5.74) is 2.30. The molecule has 8 heteroatoms. The highest BCUT2D eigenvalue weighted by atomic mass is 32.2. The molecule has 174 valence electrons. The molecule has 1 N–H and O–H groups in total. The summed E-state index contributed by atoms with van der Waals surface area (Å²) < 4.78 is 34.9. The van der Waals surface area contributed by atoms with Gasteiger partial charge in [0.2, 0.25) is 5.91 Å². The minimum absolute atomic E-state index is 0.0400. The van der Waals surface area contributed by atoms with Crippen LogP contribution in [0.25, 0.3) is 4.91 Å². The van der Waals surface area contributed by atoms with Crippen LogP contribution >= 0.6 is 0 Å². The molecule has 0 bridgehead atoms. The predicted octanol–water partition coefficient (Wildman–Crippen LogP) is 3.76. The molecule has 2 aromatic carbocycles. The van der Waals surface area contributed by atoms with E-state index in [4.69, 9.17) is 4.74 Å². The van der Waals surface area contributed by atoms with Gasteiger partial charge in [0.05, 0.1) is 13.2 Å². The Morgan fingerprint density at radius 1 is 1.09 bits per heavy atom. The third-order valence-electron chi connectivity index (χ3n) is 6.32. The van der Waals surface area contributed by atoms with Gasteiger partial charge in [0.1, 0.15) is 16.5 Å². The molecule has 0 aliphatic carbocycles. The van der Waals surface area contributed by atoms with E-state index in [0.29, 0.717) is 48.7 Å². The topological polar surface area (TPSA) is 88.1 Å². The van der Waals surface area contributed by atoms with Crippen molar-refractivity contribution in [2.45, 2.75) is 32.7 Å². The van der Waals surface area contributed by atoms with Crippen LogP contribution in [0.2, 0.25) is 0 Å². The zero-order valence-electron chi connectivity index (χ0n) is 19.1. The first-order valence-electron chi connectivity index (χ1n) is 11.1. The van der Waals surface area contributed by atoms with Crippen molar-refractivity contribution < 1.29 is 17.9 Å². The van der Waals surface area contributed by atoms with Gasteiger partial charge in [-0.3, -0.25) is 4.79 Å². The first-order valence-corrected chi connectivity index (χ1v) is 12.5. The molecule has 0 saturated carbocycles. The number of nitrogens with one attached hydrogen (secondary N) is 1. The molecule has 1 atom stereocenters. The zero-order chi connectivity index (χ0) is 23.6. The number of piperidine rings is 1. The van der Waals surface area contributed by atoms with Gasteiger partial charge >= 0.3 is 0 Å². The fraction of sp³-hybridized carbons (Fsp3) is 0.360. The lowest BCUT2D eigenvalue weighted by atomic mass is 9.94. The summed E-state index contributed by atoms with van der Waals surface area (Å²) >= 11 is 0. The van der Waals surface area contributed by atoms with Crippen molar-refractivity contribution in [3.05, 3.63) is 71.3 Å². The van der Waals surface area contributed by atoms with Gasteiger partial charge in [-0.25, -0.2) is 0 Å². The Morgan fingerprint density at radius 3 is 2.33 bits per heavy atom. The third-order valence-corrected chi connectivity index (χ3v) is 7.79. The number of carbonyl (C=O) groups excluding carboxylic acids is 1. The summed E-state index contributed by atoms with van der Waals surface area (Å²) in [6.45, 7) is 4.94. The van der Waals surface area contributed by atoms with E-state index in [2.05, 4.69) is 9.71 Å². The van der Waals surface area contributed by atoms with Gasteiger partial charge in [0.25, 0.3) is 10.0 Å². The van der Waals surface area contributed by atoms with Gasteiger partial charge in [-0.2, -0.15) is 8.42 Å². The van der Waals surface area contributed by atoms with Gasteiger partial charge < -0.3 is 15.0 Å². The number of sulfonamides is 1. The van der Waals surface area contributed by atoms with Crippen molar-refractivity contribution in [1.29, 1.82) is 0 Å². The average molecular weight is 468 g/mol. The second-order valence-corrected chi connectivity index (χ2v) is 10.0. The van der Waals surface area contributed by atoms with Gasteiger partial charge in [-0.05, 0) is 62.1 Å². The third kappa shape index (κ3) is 4.80. The summed E-state index contributed by atoms with van der Waals surface area (Å²) in [5.74, 6) is 1.09. The maximum Gasteiger partial charge on any atom is 0.285 e. The molecule has 0 spiro atoms. The molecule has 0 radical (unpaired) electrons. The molecule has 7 nitrogen and oxygen atoms in total. The van der Waals surface area contributed by atoms with E-state index in [-0.39, 0.29) is 22.8 Å². The van der Waals surface area contributed by atoms with Gasteiger partial charge in [-0.15, -0.1) is 4.40 Å².